The topological polar surface area (TPSA) is 118 Å². The summed E-state index contributed by atoms with van der Waals surface area (Å²) in [5, 5.41) is 19.0. The van der Waals surface area contributed by atoms with Gasteiger partial charge in [-0.1, -0.05) is 0 Å². The van der Waals surface area contributed by atoms with Gasteiger partial charge in [-0.25, -0.2) is 0 Å². The molecule has 3 N–H and O–H groups in total. The Morgan fingerprint density at radius 3 is 2.38 bits per heavy atom. The monoisotopic (exact) mass is 297 g/mol. The molecule has 2 amide bonds. The third kappa shape index (κ3) is 5.61. The largest absolute Gasteiger partial charge is 0.355 e. The van der Waals surface area contributed by atoms with Gasteiger partial charge in [0.1, 0.15) is 5.69 Å². The number of aromatic nitrogens is 1. The predicted octanol–water partition coefficient (Wildman–Crippen LogP) is -0.611. The van der Waals surface area contributed by atoms with Crippen molar-refractivity contribution in [3.05, 3.63) is 28.1 Å². The Balaban J connectivity index is 2.28. The molecule has 1 heterocycles. The first kappa shape index (κ1) is 16.6. The van der Waals surface area contributed by atoms with Crippen molar-refractivity contribution in [3.63, 3.8) is 0 Å². The van der Waals surface area contributed by atoms with E-state index in [9.17, 15) is 19.7 Å². The van der Waals surface area contributed by atoms with Crippen LogP contribution in [0.4, 0.5) is 5.69 Å². The SMILES string of the molecule is CC(=O)NCCNCCNC(=O)c1cc([N+](=O)[O-])cn1C. The van der Waals surface area contributed by atoms with Gasteiger partial charge in [-0.2, -0.15) is 0 Å². The molecule has 0 fully saturated rings. The van der Waals surface area contributed by atoms with Gasteiger partial charge in [-0.15, -0.1) is 0 Å². The number of carbonyl (C=O) groups excluding carboxylic acids is 2. The molecular weight excluding hydrogens is 278 g/mol. The smallest absolute Gasteiger partial charge is 0.287 e. The van der Waals surface area contributed by atoms with E-state index < -0.39 is 4.92 Å². The number of carbonyl (C=O) groups is 2. The first-order chi connectivity index (χ1) is 9.91. The van der Waals surface area contributed by atoms with Crippen molar-refractivity contribution in [1.82, 2.24) is 20.5 Å². The minimum Gasteiger partial charge on any atom is -0.355 e. The van der Waals surface area contributed by atoms with Crippen LogP contribution < -0.4 is 16.0 Å². The lowest BCUT2D eigenvalue weighted by Gasteiger charge is -2.07. The molecule has 0 aromatic carbocycles. The van der Waals surface area contributed by atoms with Gasteiger partial charge in [0.05, 0.1) is 11.1 Å². The van der Waals surface area contributed by atoms with Crippen LogP contribution >= 0.6 is 0 Å². The molecule has 116 valence electrons. The average Bonchev–Trinajstić information content (AvgIpc) is 2.79. The second-order valence-electron chi connectivity index (χ2n) is 4.44. The normalized spacial score (nSPS) is 10.2. The van der Waals surface area contributed by atoms with E-state index in [-0.39, 0.29) is 23.2 Å². The van der Waals surface area contributed by atoms with Crippen LogP contribution in [0.3, 0.4) is 0 Å². The molecule has 1 rings (SSSR count). The number of aryl methyl sites for hydroxylation is 1. The summed E-state index contributed by atoms with van der Waals surface area (Å²) in [5.41, 5.74) is 0.121. The number of hydrogen-bond acceptors (Lipinski definition) is 5. The summed E-state index contributed by atoms with van der Waals surface area (Å²) in [7, 11) is 1.58. The second-order valence-corrected chi connectivity index (χ2v) is 4.44. The highest BCUT2D eigenvalue weighted by Gasteiger charge is 2.16. The predicted molar refractivity (Wildman–Crippen MR) is 76.0 cm³/mol. The van der Waals surface area contributed by atoms with Crippen molar-refractivity contribution in [2.75, 3.05) is 26.2 Å². The molecular formula is C12H19N5O4. The molecule has 0 atom stereocenters. The van der Waals surface area contributed by atoms with E-state index in [2.05, 4.69) is 16.0 Å². The standard InChI is InChI=1S/C12H19N5O4/c1-9(18)14-5-3-13-4-6-15-12(19)11-7-10(17(20)21)8-16(11)2/h7-8,13H,3-6H2,1-2H3,(H,14,18)(H,15,19). The number of amides is 2. The van der Waals surface area contributed by atoms with Gasteiger partial charge in [-0.3, -0.25) is 19.7 Å². The molecule has 0 aliphatic carbocycles. The van der Waals surface area contributed by atoms with Gasteiger partial charge < -0.3 is 20.5 Å². The zero-order chi connectivity index (χ0) is 15.8. The van der Waals surface area contributed by atoms with Crippen LogP contribution in [0.15, 0.2) is 12.3 Å². The fourth-order valence-corrected chi connectivity index (χ4v) is 1.68. The number of nitrogens with one attached hydrogen (secondary N) is 3. The molecule has 0 bridgehead atoms. The molecule has 0 saturated carbocycles. The lowest BCUT2D eigenvalue weighted by molar-refractivity contribution is -0.384. The van der Waals surface area contributed by atoms with Crippen LogP contribution in [0.2, 0.25) is 0 Å². The summed E-state index contributed by atoms with van der Waals surface area (Å²) >= 11 is 0. The molecule has 0 aliphatic rings. The van der Waals surface area contributed by atoms with Gasteiger partial charge in [0.25, 0.3) is 11.6 Å². The van der Waals surface area contributed by atoms with E-state index in [1.165, 1.54) is 23.8 Å². The van der Waals surface area contributed by atoms with Gasteiger partial charge in [0.2, 0.25) is 5.91 Å². The van der Waals surface area contributed by atoms with Crippen molar-refractivity contribution >= 4 is 17.5 Å². The van der Waals surface area contributed by atoms with Crippen molar-refractivity contribution in [1.29, 1.82) is 0 Å². The van der Waals surface area contributed by atoms with Gasteiger partial charge in [0, 0.05) is 46.2 Å². The molecule has 1 aromatic rings. The van der Waals surface area contributed by atoms with Crippen molar-refractivity contribution < 1.29 is 14.5 Å². The Hall–Kier alpha value is -2.42. The summed E-state index contributed by atoms with van der Waals surface area (Å²) in [6.07, 6.45) is 1.29. The van der Waals surface area contributed by atoms with E-state index in [4.69, 9.17) is 0 Å². The number of rotatable bonds is 8. The number of nitro groups is 1. The minimum atomic E-state index is -0.541. The molecule has 0 aliphatic heterocycles. The van der Waals surface area contributed by atoms with E-state index in [1.807, 2.05) is 0 Å². The minimum absolute atomic E-state index is 0.0876. The average molecular weight is 297 g/mol. The van der Waals surface area contributed by atoms with Crippen molar-refractivity contribution in [2.24, 2.45) is 7.05 Å². The maximum absolute atomic E-state index is 11.8. The highest BCUT2D eigenvalue weighted by Crippen LogP contribution is 2.14. The summed E-state index contributed by atoms with van der Waals surface area (Å²) in [6.45, 7) is 3.49. The Bertz CT molecular complexity index is 526. The maximum Gasteiger partial charge on any atom is 0.287 e. The Morgan fingerprint density at radius 1 is 1.24 bits per heavy atom. The van der Waals surface area contributed by atoms with Crippen molar-refractivity contribution in [3.8, 4) is 0 Å². The van der Waals surface area contributed by atoms with Gasteiger partial charge in [-0.05, 0) is 0 Å². The lowest BCUT2D eigenvalue weighted by atomic mass is 10.4. The maximum atomic E-state index is 11.8. The van der Waals surface area contributed by atoms with E-state index in [0.717, 1.165) is 0 Å². The first-order valence-corrected chi connectivity index (χ1v) is 6.46. The molecule has 21 heavy (non-hydrogen) atoms. The molecule has 1 aromatic heterocycles. The van der Waals surface area contributed by atoms with Crippen LogP contribution in [0.25, 0.3) is 0 Å². The van der Waals surface area contributed by atoms with Gasteiger partial charge >= 0.3 is 0 Å². The second kappa shape index (κ2) is 8.00. The van der Waals surface area contributed by atoms with Crippen LogP contribution in [-0.2, 0) is 11.8 Å². The van der Waals surface area contributed by atoms with Crippen molar-refractivity contribution in [2.45, 2.75) is 6.92 Å². The molecule has 0 spiro atoms. The van der Waals surface area contributed by atoms with E-state index in [1.54, 1.807) is 7.05 Å². The quantitative estimate of drug-likeness (QED) is 0.336. The van der Waals surface area contributed by atoms with Crippen LogP contribution in [0.5, 0.6) is 0 Å². The van der Waals surface area contributed by atoms with E-state index in [0.29, 0.717) is 26.2 Å². The number of nitrogens with zero attached hydrogens (tertiary/aromatic N) is 2. The fourth-order valence-electron chi connectivity index (χ4n) is 1.68. The Kier molecular flexibility index (Phi) is 6.34. The van der Waals surface area contributed by atoms with Crippen LogP contribution in [-0.4, -0.2) is 47.5 Å². The fraction of sp³-hybridized carbons (Fsp3) is 0.500. The Morgan fingerprint density at radius 2 is 1.86 bits per heavy atom. The molecule has 0 unspecified atom stereocenters. The zero-order valence-electron chi connectivity index (χ0n) is 12.0. The van der Waals surface area contributed by atoms with Crippen LogP contribution in [0, 0.1) is 10.1 Å². The van der Waals surface area contributed by atoms with E-state index >= 15 is 0 Å². The summed E-state index contributed by atoms with van der Waals surface area (Å²) in [5.74, 6) is -0.454. The highest BCUT2D eigenvalue weighted by atomic mass is 16.6. The highest BCUT2D eigenvalue weighted by molar-refractivity contribution is 5.93. The molecule has 9 heteroatoms. The summed E-state index contributed by atoms with van der Waals surface area (Å²) < 4.78 is 1.41. The Labute approximate surface area is 121 Å². The van der Waals surface area contributed by atoms with Gasteiger partial charge in [0.15, 0.2) is 0 Å². The molecule has 0 radical (unpaired) electrons. The molecule has 9 nitrogen and oxygen atoms in total. The summed E-state index contributed by atoms with van der Waals surface area (Å²) in [4.78, 5) is 32.5. The first-order valence-electron chi connectivity index (χ1n) is 6.46. The third-order valence-corrected chi connectivity index (χ3v) is 2.70. The molecule has 0 saturated heterocycles. The van der Waals surface area contributed by atoms with Crippen LogP contribution in [0.1, 0.15) is 17.4 Å². The third-order valence-electron chi connectivity index (χ3n) is 2.70. The zero-order valence-corrected chi connectivity index (χ0v) is 12.0. The number of hydrogen-bond donors (Lipinski definition) is 3. The summed E-state index contributed by atoms with van der Waals surface area (Å²) in [6, 6.07) is 1.24. The lowest BCUT2D eigenvalue weighted by Crippen LogP contribution is -2.36.